The minimum atomic E-state index is 0.236. The van der Waals surface area contributed by atoms with E-state index in [2.05, 4.69) is 382 Å². The van der Waals surface area contributed by atoms with E-state index in [1.807, 2.05) is 84.6 Å². The third-order valence-corrected chi connectivity index (χ3v) is 25.9. The molecule has 604 valence electrons. The molecule has 23 aromatic rings. The molecule has 7 heterocycles. The van der Waals surface area contributed by atoms with Gasteiger partial charge in [0.05, 0.1) is 72.3 Å². The van der Waals surface area contributed by atoms with Gasteiger partial charge < -0.3 is 0 Å². The van der Waals surface area contributed by atoms with Crippen molar-refractivity contribution < 1.29 is 0 Å². The number of nitrogens with zero attached hydrogens (tertiary/aromatic N) is 9. The molecule has 2 unspecified atom stereocenters. The molecule has 0 saturated carbocycles. The van der Waals surface area contributed by atoms with E-state index in [0.29, 0.717) is 16.9 Å². The van der Waals surface area contributed by atoms with Crippen LogP contribution in [0, 0.1) is 0 Å². The molecule has 0 radical (unpaired) electrons. The zero-order valence-electron chi connectivity index (χ0n) is 69.9. The highest BCUT2D eigenvalue weighted by atomic mass is 32.2. The fraction of sp³-hybridized carbons (Fsp3) is 0.0168. The second kappa shape index (κ2) is 33.8. The molecule has 6 aromatic heterocycles. The van der Waals surface area contributed by atoms with Crippen molar-refractivity contribution in [2.75, 3.05) is 0 Å². The van der Waals surface area contributed by atoms with Crippen molar-refractivity contribution in [3.8, 4) is 135 Å². The molecule has 2 atom stereocenters. The maximum absolute atomic E-state index is 5.33. The number of fused-ring (bicyclic) bond motifs is 14. The van der Waals surface area contributed by atoms with Crippen LogP contribution >= 0.6 is 11.8 Å². The Morgan fingerprint density at radius 1 is 0.178 bits per heavy atom. The quantitative estimate of drug-likeness (QED) is 0.110. The van der Waals surface area contributed by atoms with Gasteiger partial charge in [-0.3, -0.25) is 0 Å². The van der Waals surface area contributed by atoms with Crippen molar-refractivity contribution >= 4 is 98.6 Å². The van der Waals surface area contributed by atoms with Crippen LogP contribution in [0.3, 0.4) is 0 Å². The van der Waals surface area contributed by atoms with Crippen LogP contribution in [0.1, 0.15) is 11.6 Å². The summed E-state index contributed by atoms with van der Waals surface area (Å²) in [7, 11) is 0. The van der Waals surface area contributed by atoms with Crippen LogP contribution in [0.15, 0.2) is 460 Å². The molecule has 0 N–H and O–H groups in total. The summed E-state index contributed by atoms with van der Waals surface area (Å²) < 4.78 is 0. The van der Waals surface area contributed by atoms with Crippen LogP contribution < -0.4 is 0 Å². The Labute approximate surface area is 750 Å². The number of aromatic nitrogens is 9. The topological polar surface area (TPSA) is 116 Å². The van der Waals surface area contributed by atoms with E-state index in [0.717, 1.165) is 166 Å². The fourth-order valence-corrected chi connectivity index (χ4v) is 19.8. The van der Waals surface area contributed by atoms with Crippen molar-refractivity contribution in [1.82, 2.24) is 44.9 Å². The Hall–Kier alpha value is -16.7. The maximum atomic E-state index is 5.33. The van der Waals surface area contributed by atoms with E-state index in [4.69, 9.17) is 44.9 Å². The van der Waals surface area contributed by atoms with E-state index in [1.165, 1.54) is 54.4 Å². The predicted molar refractivity (Wildman–Crippen MR) is 535 cm³/mol. The normalized spacial score (nSPS) is 13.2. The lowest BCUT2D eigenvalue weighted by Crippen LogP contribution is -2.09. The van der Waals surface area contributed by atoms with Crippen LogP contribution in [0.5, 0.6) is 0 Å². The smallest absolute Gasteiger partial charge is 0.160 e. The molecule has 0 spiro atoms. The molecule has 9 nitrogen and oxygen atoms in total. The second-order valence-electron chi connectivity index (χ2n) is 32.4. The van der Waals surface area contributed by atoms with Gasteiger partial charge >= 0.3 is 0 Å². The number of para-hydroxylation sites is 2. The number of rotatable bonds is 12. The molecule has 10 heteroatoms. The number of thioether (sulfide) groups is 1. The minimum Gasteiger partial charge on any atom is -0.247 e. The monoisotopic (exact) mass is 1660 g/mol. The van der Waals surface area contributed by atoms with E-state index < -0.39 is 0 Å². The number of hydrogen-bond acceptors (Lipinski definition) is 10. The lowest BCUT2D eigenvalue weighted by atomic mass is 9.92. The first-order chi connectivity index (χ1) is 64.0. The first-order valence-corrected chi connectivity index (χ1v) is 44.4. The molecule has 1 aliphatic carbocycles. The molecular weight excluding hydrogens is 1590 g/mol. The van der Waals surface area contributed by atoms with Crippen LogP contribution in [0.4, 0.5) is 0 Å². The highest BCUT2D eigenvalue weighted by molar-refractivity contribution is 8.00. The van der Waals surface area contributed by atoms with Crippen molar-refractivity contribution in [2.45, 2.75) is 16.1 Å². The Kier molecular flexibility index (Phi) is 20.2. The van der Waals surface area contributed by atoms with Crippen LogP contribution in [-0.2, 0) is 0 Å². The highest BCUT2D eigenvalue weighted by Gasteiger charge is 2.36. The van der Waals surface area contributed by atoms with Gasteiger partial charge in [-0.05, 0) is 63.7 Å². The number of allylic oxidation sites excluding steroid dienone is 3. The van der Waals surface area contributed by atoms with Crippen LogP contribution in [0.25, 0.3) is 222 Å². The molecule has 0 bridgehead atoms. The molecular formula is C119H77N9S. The number of benzene rings is 17. The third kappa shape index (κ3) is 14.7. The zero-order chi connectivity index (χ0) is 85.5. The molecule has 17 aromatic carbocycles. The Bertz CT molecular complexity index is 8290. The van der Waals surface area contributed by atoms with E-state index in [-0.39, 0.29) is 5.92 Å². The van der Waals surface area contributed by atoms with Gasteiger partial charge in [-0.1, -0.05) is 425 Å². The van der Waals surface area contributed by atoms with Crippen molar-refractivity contribution in [2.24, 2.45) is 0 Å². The first-order valence-electron chi connectivity index (χ1n) is 43.6. The van der Waals surface area contributed by atoms with Gasteiger partial charge in [-0.15, -0.1) is 11.8 Å². The van der Waals surface area contributed by atoms with Gasteiger partial charge in [0.2, 0.25) is 0 Å². The van der Waals surface area contributed by atoms with E-state index in [9.17, 15) is 0 Å². The summed E-state index contributed by atoms with van der Waals surface area (Å²) in [6, 6.07) is 150. The minimum absolute atomic E-state index is 0.236. The van der Waals surface area contributed by atoms with Gasteiger partial charge in [0.15, 0.2) is 17.5 Å². The predicted octanol–water partition coefficient (Wildman–Crippen LogP) is 30.5. The van der Waals surface area contributed by atoms with Crippen LogP contribution in [0.2, 0.25) is 0 Å². The standard InChI is InChI=1S/C41H27N3S.2C39H25N3/c1-4-13-26(14-5-1)30-20-12-21-33-36(30)31-24-23-29(25-34(31)42-37(33)27-15-6-2-7-16-27)41-43-38(28-17-8-3-9-18-28)40-39(44-41)32-19-10-11-22-35(32)45-40;1-4-13-26(14-5-1)30-20-12-21-33-36(30)31-24-23-29(25-35(31)40-37(33)27-15-6-2-7-16-27)38-32-19-10-11-22-34(32)41-39(42-38)28-17-8-3-9-18-28;1-4-13-26(14-5-1)30-20-12-21-33-36(30)31-24-23-29(25-35(31)40-38(33)28-17-8-3-9-18-28)39-41-34-22-11-10-19-32(34)37(42-39)27-15-6-2-7-16-27/h1-25,32,35H;2*1-25H. The summed E-state index contributed by atoms with van der Waals surface area (Å²) in [5, 5.41) is 12.8. The average Bonchev–Trinajstić information content (AvgIpc) is 1.74. The number of hydrogen-bond donors (Lipinski definition) is 0. The van der Waals surface area contributed by atoms with Gasteiger partial charge in [0.25, 0.3) is 0 Å². The summed E-state index contributed by atoms with van der Waals surface area (Å²) >= 11 is 1.87. The summed E-state index contributed by atoms with van der Waals surface area (Å²) in [5.41, 5.74) is 28.0. The van der Waals surface area contributed by atoms with Crippen LogP contribution in [-0.4, -0.2) is 50.1 Å². The SMILES string of the molecule is C1=CC2Sc3c(-c4ccccc4)nc(-c4ccc5c(c4)nc(-c4ccccc4)c4cccc(-c6ccccc6)c45)nc3C2C=C1.c1ccc(-c2nc(-c3ccc4c(c3)nc(-c3ccccc3)c3cccc(-c5ccccc5)c34)c3ccccc3n2)cc1.c1ccc(-c2nc(-c3ccc4c(c3)nc(-c3ccccc3)c3cccc(-c5ccccc5)c34)nc3ccccc23)cc1. The summed E-state index contributed by atoms with van der Waals surface area (Å²) in [6.07, 6.45) is 8.84. The van der Waals surface area contributed by atoms with Gasteiger partial charge in [0, 0.05) is 120 Å². The lowest BCUT2D eigenvalue weighted by Gasteiger charge is -2.16. The van der Waals surface area contributed by atoms with Gasteiger partial charge in [-0.2, -0.15) is 0 Å². The Morgan fingerprint density at radius 2 is 0.465 bits per heavy atom. The number of pyridine rings is 3. The largest absolute Gasteiger partial charge is 0.247 e. The Morgan fingerprint density at radius 3 is 0.860 bits per heavy atom. The highest BCUT2D eigenvalue weighted by Crippen LogP contribution is 2.52. The summed E-state index contributed by atoms with van der Waals surface area (Å²) in [6.45, 7) is 0. The summed E-state index contributed by atoms with van der Waals surface area (Å²) in [5.74, 6) is 2.37. The molecule has 0 fully saturated rings. The van der Waals surface area contributed by atoms with Gasteiger partial charge in [-0.25, -0.2) is 44.9 Å². The van der Waals surface area contributed by atoms with E-state index >= 15 is 0 Å². The molecule has 25 rings (SSSR count). The Balaban J connectivity index is 0.000000111. The summed E-state index contributed by atoms with van der Waals surface area (Å²) in [4.78, 5) is 47.8. The third-order valence-electron chi connectivity index (χ3n) is 24.5. The van der Waals surface area contributed by atoms with Crippen molar-refractivity contribution in [1.29, 1.82) is 0 Å². The van der Waals surface area contributed by atoms with E-state index in [1.54, 1.807) is 0 Å². The molecule has 1 aliphatic heterocycles. The zero-order valence-corrected chi connectivity index (χ0v) is 70.7. The van der Waals surface area contributed by atoms with Crippen molar-refractivity contribution in [3.05, 3.63) is 461 Å². The first kappa shape index (κ1) is 77.2. The molecule has 2 aliphatic rings. The molecule has 0 amide bonds. The fourth-order valence-electron chi connectivity index (χ4n) is 18.5. The van der Waals surface area contributed by atoms with Crippen molar-refractivity contribution in [3.63, 3.8) is 0 Å². The average molecular weight is 1670 g/mol. The molecule has 0 saturated heterocycles. The van der Waals surface area contributed by atoms with Gasteiger partial charge in [0.1, 0.15) is 0 Å². The lowest BCUT2D eigenvalue weighted by molar-refractivity contribution is 0.829. The molecule has 129 heavy (non-hydrogen) atoms. The maximum Gasteiger partial charge on any atom is 0.160 e. The second-order valence-corrected chi connectivity index (χ2v) is 33.6.